The van der Waals surface area contributed by atoms with Crippen molar-refractivity contribution in [3.63, 3.8) is 0 Å². The maximum atomic E-state index is 9.22. The van der Waals surface area contributed by atoms with E-state index in [2.05, 4.69) is 17.2 Å². The number of amides is 3. The van der Waals surface area contributed by atoms with E-state index in [1.807, 2.05) is 0 Å². The fourth-order valence-electron chi connectivity index (χ4n) is 0.0250. The number of nitrogens with two attached hydrogens (primary N) is 3. The summed E-state index contributed by atoms with van der Waals surface area (Å²) in [5.74, 6) is -0.333. The number of nitrogens with zero attached hydrogens (tertiary/aromatic N) is 2. The monoisotopic (exact) mass is 186 g/mol. The quantitative estimate of drug-likeness (QED) is 0.254. The van der Waals surface area contributed by atoms with Crippen LogP contribution in [0.15, 0.2) is 0 Å². The summed E-state index contributed by atoms with van der Waals surface area (Å²) in [6.45, 7) is 1.31. The van der Waals surface area contributed by atoms with Gasteiger partial charge in [0.1, 0.15) is 0 Å². The number of nitrogens with one attached hydrogen (secondary N) is 1. The van der Waals surface area contributed by atoms with Crippen molar-refractivity contribution in [3.8, 4) is 12.4 Å². The van der Waals surface area contributed by atoms with Gasteiger partial charge in [-0.1, -0.05) is 0 Å². The SMILES string of the molecule is CC(N)=O.N#CNC#N.NC(N)=O. The van der Waals surface area contributed by atoms with E-state index >= 15 is 0 Å². The van der Waals surface area contributed by atoms with Crippen molar-refractivity contribution in [2.75, 3.05) is 0 Å². The smallest absolute Gasteiger partial charge is 0.309 e. The molecular formula is C5H10N6O2. The molecule has 0 heterocycles. The molecule has 0 rings (SSSR count). The lowest BCUT2D eigenvalue weighted by molar-refractivity contribution is -0.115. The standard InChI is InChI=1S/C2HN3.C2H5NO.CH4N2O/c3-1-5-2-4;1-2(3)4;2-1(3)4/h5H;1H3,(H2,3,4);(H4,2,3,4). The third-order valence-electron chi connectivity index (χ3n) is 0.112. The predicted octanol–water partition coefficient (Wildman–Crippen LogP) is -1.95. The van der Waals surface area contributed by atoms with E-state index in [0.29, 0.717) is 0 Å². The van der Waals surface area contributed by atoms with Crippen molar-refractivity contribution >= 4 is 11.9 Å². The first kappa shape index (κ1) is 16.9. The van der Waals surface area contributed by atoms with Gasteiger partial charge in [-0.05, 0) is 0 Å². The molecule has 7 N–H and O–H groups in total. The Morgan fingerprint density at radius 2 is 1.31 bits per heavy atom. The molecule has 0 bridgehead atoms. The number of primary amides is 3. The zero-order valence-electron chi connectivity index (χ0n) is 6.94. The molecule has 0 aliphatic rings. The molecule has 0 radical (unpaired) electrons. The molecule has 0 saturated heterocycles. The second-order valence-corrected chi connectivity index (χ2v) is 1.36. The number of rotatable bonds is 0. The third kappa shape index (κ3) is 2340. The average molecular weight is 186 g/mol. The predicted molar refractivity (Wildman–Crippen MR) is 43.0 cm³/mol. The number of hydrogen-bond acceptors (Lipinski definition) is 5. The summed E-state index contributed by atoms with van der Waals surface area (Å²) in [7, 11) is 0. The van der Waals surface area contributed by atoms with Crippen LogP contribution in [0, 0.1) is 22.9 Å². The van der Waals surface area contributed by atoms with Crippen molar-refractivity contribution in [2.24, 2.45) is 17.2 Å². The number of carbonyl (C=O) groups excluding carboxylic acids is 2. The van der Waals surface area contributed by atoms with Crippen LogP contribution in [-0.2, 0) is 4.79 Å². The van der Waals surface area contributed by atoms with Gasteiger partial charge in [0.05, 0.1) is 0 Å². The fraction of sp³-hybridized carbons (Fsp3) is 0.200. The second kappa shape index (κ2) is 16.3. The van der Waals surface area contributed by atoms with Crippen LogP contribution in [-0.4, -0.2) is 11.9 Å². The van der Waals surface area contributed by atoms with E-state index in [9.17, 15) is 4.79 Å². The maximum Gasteiger partial charge on any atom is 0.309 e. The van der Waals surface area contributed by atoms with E-state index < -0.39 is 6.03 Å². The molecule has 13 heavy (non-hydrogen) atoms. The number of urea groups is 1. The van der Waals surface area contributed by atoms with Gasteiger partial charge in [-0.15, -0.1) is 0 Å². The minimum absolute atomic E-state index is 0.333. The van der Waals surface area contributed by atoms with Gasteiger partial charge in [-0.3, -0.25) is 4.79 Å². The normalized spacial score (nSPS) is 5.15. The summed E-state index contributed by atoms with van der Waals surface area (Å²) >= 11 is 0. The molecule has 0 aromatic rings. The summed E-state index contributed by atoms with van der Waals surface area (Å²) in [5, 5.41) is 16.7. The van der Waals surface area contributed by atoms with E-state index in [4.69, 9.17) is 15.3 Å². The van der Waals surface area contributed by atoms with Crippen molar-refractivity contribution in [3.05, 3.63) is 0 Å². The van der Waals surface area contributed by atoms with Crippen LogP contribution in [0.5, 0.6) is 0 Å². The number of nitriles is 2. The Morgan fingerprint density at radius 1 is 1.15 bits per heavy atom. The van der Waals surface area contributed by atoms with Crippen molar-refractivity contribution in [1.29, 1.82) is 10.5 Å². The Balaban J connectivity index is -0.000000117. The van der Waals surface area contributed by atoms with E-state index in [1.165, 1.54) is 19.3 Å². The van der Waals surface area contributed by atoms with Crippen LogP contribution in [0.2, 0.25) is 0 Å². The molecule has 8 heteroatoms. The Hall–Kier alpha value is -2.48. The van der Waals surface area contributed by atoms with E-state index in [-0.39, 0.29) is 5.91 Å². The molecular weight excluding hydrogens is 176 g/mol. The highest BCUT2D eigenvalue weighted by molar-refractivity contribution is 5.70. The molecule has 0 aromatic carbocycles. The Bertz CT molecular complexity index is 192. The van der Waals surface area contributed by atoms with Gasteiger partial charge in [0.2, 0.25) is 5.91 Å². The highest BCUT2D eigenvalue weighted by Crippen LogP contribution is 1.33. The number of hydrogen-bond donors (Lipinski definition) is 4. The third-order valence-corrected chi connectivity index (χ3v) is 0.112. The van der Waals surface area contributed by atoms with Crippen molar-refractivity contribution in [2.45, 2.75) is 6.92 Å². The van der Waals surface area contributed by atoms with Crippen LogP contribution in [0.4, 0.5) is 4.79 Å². The first-order valence-corrected chi connectivity index (χ1v) is 2.72. The minimum atomic E-state index is -0.833. The molecule has 0 atom stereocenters. The summed E-state index contributed by atoms with van der Waals surface area (Å²) in [6, 6.07) is -0.833. The maximum absolute atomic E-state index is 9.22. The Kier molecular flexibility index (Phi) is 21.1. The highest BCUT2D eigenvalue weighted by Gasteiger charge is 1.61. The summed E-state index contributed by atoms with van der Waals surface area (Å²) in [4.78, 5) is 18.2. The molecule has 3 amide bonds. The van der Waals surface area contributed by atoms with Gasteiger partial charge in [0, 0.05) is 6.92 Å². The fourth-order valence-corrected chi connectivity index (χ4v) is 0.0250. The molecule has 0 unspecified atom stereocenters. The van der Waals surface area contributed by atoms with Gasteiger partial charge in [0.25, 0.3) is 0 Å². The Labute approximate surface area is 74.9 Å². The molecule has 0 aromatic heterocycles. The van der Waals surface area contributed by atoms with Crippen molar-refractivity contribution < 1.29 is 9.59 Å². The topological polar surface area (TPSA) is 172 Å². The summed E-state index contributed by atoms with van der Waals surface area (Å²) in [6.07, 6.45) is 2.81. The first-order valence-electron chi connectivity index (χ1n) is 2.72. The van der Waals surface area contributed by atoms with Crippen molar-refractivity contribution in [1.82, 2.24) is 5.32 Å². The molecule has 72 valence electrons. The lowest BCUT2D eigenvalue weighted by Crippen LogP contribution is -2.18. The van der Waals surface area contributed by atoms with Crippen LogP contribution in [0.3, 0.4) is 0 Å². The van der Waals surface area contributed by atoms with E-state index in [0.717, 1.165) is 0 Å². The largest absolute Gasteiger partial charge is 0.370 e. The lowest BCUT2D eigenvalue weighted by atomic mass is 10.8. The summed E-state index contributed by atoms with van der Waals surface area (Å²) in [5.41, 5.74) is 13.0. The molecule has 0 aliphatic heterocycles. The van der Waals surface area contributed by atoms with Gasteiger partial charge < -0.3 is 17.2 Å². The minimum Gasteiger partial charge on any atom is -0.370 e. The Morgan fingerprint density at radius 3 is 1.31 bits per heavy atom. The first-order chi connectivity index (χ1) is 5.88. The van der Waals surface area contributed by atoms with Gasteiger partial charge in [-0.2, -0.15) is 10.5 Å². The average Bonchev–Trinajstić information content (AvgIpc) is 1.86. The summed E-state index contributed by atoms with van der Waals surface area (Å²) < 4.78 is 0. The zero-order chi connectivity index (χ0) is 11.3. The number of carbonyl (C=O) groups is 2. The second-order valence-electron chi connectivity index (χ2n) is 1.36. The molecule has 0 aliphatic carbocycles. The van der Waals surface area contributed by atoms with E-state index in [1.54, 1.807) is 5.32 Å². The lowest BCUT2D eigenvalue weighted by Gasteiger charge is -1.62. The molecule has 8 nitrogen and oxygen atoms in total. The zero-order valence-corrected chi connectivity index (χ0v) is 6.94. The molecule has 0 fully saturated rings. The van der Waals surface area contributed by atoms with Gasteiger partial charge in [-0.25, -0.2) is 10.1 Å². The molecule has 0 spiro atoms. The molecule has 0 saturated carbocycles. The van der Waals surface area contributed by atoms with Crippen LogP contribution in [0.25, 0.3) is 0 Å². The highest BCUT2D eigenvalue weighted by atomic mass is 16.2. The van der Waals surface area contributed by atoms with Gasteiger partial charge in [0.15, 0.2) is 12.4 Å². The van der Waals surface area contributed by atoms with Crippen LogP contribution >= 0.6 is 0 Å². The van der Waals surface area contributed by atoms with Gasteiger partial charge >= 0.3 is 6.03 Å². The van der Waals surface area contributed by atoms with Crippen LogP contribution < -0.4 is 22.5 Å². The van der Waals surface area contributed by atoms with Crippen LogP contribution in [0.1, 0.15) is 6.92 Å².